The van der Waals surface area contributed by atoms with Crippen LogP contribution in [0.25, 0.3) is 0 Å². The zero-order valence-corrected chi connectivity index (χ0v) is 16.9. The predicted molar refractivity (Wildman–Crippen MR) is 105 cm³/mol. The fraction of sp³-hybridized carbons (Fsp3) is 0.524. The maximum atomic E-state index is 12.9. The molecule has 1 amide bonds. The Hall–Kier alpha value is -2.38. The standard InChI is InChI=1S/C21H28N4O3/c1-15-9-18(11-22-10-15)21(26)25-6-4-5-17(13-25)20-19(12-23-16(2)24-20)14-28-8-7-27-3/h9-12,17H,4-8,13-14H2,1-3H3. The average Bonchev–Trinajstić information content (AvgIpc) is 2.71. The Labute approximate surface area is 166 Å². The molecule has 0 radical (unpaired) electrons. The predicted octanol–water partition coefficient (Wildman–Crippen LogP) is 2.67. The fourth-order valence-corrected chi connectivity index (χ4v) is 3.54. The molecular weight excluding hydrogens is 356 g/mol. The number of carbonyl (C=O) groups excluding carboxylic acids is 1. The number of hydrogen-bond acceptors (Lipinski definition) is 6. The van der Waals surface area contributed by atoms with Crippen LogP contribution in [0.2, 0.25) is 0 Å². The van der Waals surface area contributed by atoms with Crippen molar-refractivity contribution in [3.05, 3.63) is 52.9 Å². The average molecular weight is 384 g/mol. The van der Waals surface area contributed by atoms with Gasteiger partial charge in [0, 0.05) is 50.3 Å². The summed E-state index contributed by atoms with van der Waals surface area (Å²) in [5, 5.41) is 0. The lowest BCUT2D eigenvalue weighted by molar-refractivity contribution is 0.0602. The molecule has 3 heterocycles. The first-order valence-electron chi connectivity index (χ1n) is 9.68. The Morgan fingerprint density at radius 2 is 2.11 bits per heavy atom. The summed E-state index contributed by atoms with van der Waals surface area (Å²) in [6, 6.07) is 1.89. The maximum Gasteiger partial charge on any atom is 0.255 e. The molecule has 3 rings (SSSR count). The van der Waals surface area contributed by atoms with Crippen LogP contribution in [0, 0.1) is 13.8 Å². The van der Waals surface area contributed by atoms with E-state index < -0.39 is 0 Å². The Kier molecular flexibility index (Phi) is 7.06. The number of aryl methyl sites for hydroxylation is 2. The van der Waals surface area contributed by atoms with E-state index in [2.05, 4.69) is 9.97 Å². The minimum Gasteiger partial charge on any atom is -0.382 e. The molecule has 0 N–H and O–H groups in total. The third-order valence-electron chi connectivity index (χ3n) is 4.93. The Bertz CT molecular complexity index is 812. The van der Waals surface area contributed by atoms with Crippen LogP contribution in [0.15, 0.2) is 24.7 Å². The molecule has 1 aliphatic heterocycles. The van der Waals surface area contributed by atoms with Crippen LogP contribution in [0.4, 0.5) is 0 Å². The fourth-order valence-electron chi connectivity index (χ4n) is 3.54. The topological polar surface area (TPSA) is 77.4 Å². The van der Waals surface area contributed by atoms with E-state index in [1.54, 1.807) is 19.5 Å². The molecule has 7 heteroatoms. The van der Waals surface area contributed by atoms with Crippen molar-refractivity contribution in [3.8, 4) is 0 Å². The SMILES string of the molecule is COCCOCc1cnc(C)nc1C1CCCN(C(=O)c2cncc(C)c2)C1. The number of carbonyl (C=O) groups is 1. The van der Waals surface area contributed by atoms with Crippen molar-refractivity contribution in [2.45, 2.75) is 39.2 Å². The minimum absolute atomic E-state index is 0.0320. The van der Waals surface area contributed by atoms with E-state index in [-0.39, 0.29) is 11.8 Å². The highest BCUT2D eigenvalue weighted by molar-refractivity contribution is 5.94. The number of rotatable bonds is 7. The molecule has 1 aliphatic rings. The lowest BCUT2D eigenvalue weighted by Gasteiger charge is -2.33. The van der Waals surface area contributed by atoms with Gasteiger partial charge in [-0.2, -0.15) is 0 Å². The molecule has 0 bridgehead atoms. The van der Waals surface area contributed by atoms with Crippen LogP contribution in [0.5, 0.6) is 0 Å². The van der Waals surface area contributed by atoms with E-state index in [1.807, 2.05) is 31.0 Å². The molecule has 1 fully saturated rings. The number of pyridine rings is 1. The molecule has 0 saturated carbocycles. The summed E-state index contributed by atoms with van der Waals surface area (Å²) < 4.78 is 10.7. The van der Waals surface area contributed by atoms with Gasteiger partial charge in [-0.25, -0.2) is 9.97 Å². The number of nitrogens with zero attached hydrogens (tertiary/aromatic N) is 4. The molecule has 0 spiro atoms. The number of piperidine rings is 1. The van der Waals surface area contributed by atoms with Crippen LogP contribution >= 0.6 is 0 Å². The molecule has 7 nitrogen and oxygen atoms in total. The smallest absolute Gasteiger partial charge is 0.255 e. The van der Waals surface area contributed by atoms with E-state index in [1.165, 1.54) is 0 Å². The van der Waals surface area contributed by atoms with Crippen molar-refractivity contribution in [1.82, 2.24) is 19.9 Å². The van der Waals surface area contributed by atoms with Gasteiger partial charge < -0.3 is 14.4 Å². The Morgan fingerprint density at radius 1 is 1.25 bits per heavy atom. The van der Waals surface area contributed by atoms with E-state index in [0.29, 0.717) is 31.9 Å². The van der Waals surface area contributed by atoms with Crippen LogP contribution in [-0.2, 0) is 16.1 Å². The normalized spacial score (nSPS) is 17.0. The second-order valence-corrected chi connectivity index (χ2v) is 7.21. The lowest BCUT2D eigenvalue weighted by Crippen LogP contribution is -2.39. The first kappa shape index (κ1) is 20.4. The molecule has 0 aliphatic carbocycles. The third-order valence-corrected chi connectivity index (χ3v) is 4.93. The third kappa shape index (κ3) is 5.11. The van der Waals surface area contributed by atoms with Gasteiger partial charge in [0.05, 0.1) is 31.1 Å². The Balaban J connectivity index is 1.74. The van der Waals surface area contributed by atoms with Crippen molar-refractivity contribution in [2.75, 3.05) is 33.4 Å². The summed E-state index contributed by atoms with van der Waals surface area (Å²) in [7, 11) is 1.65. The monoisotopic (exact) mass is 384 g/mol. The molecule has 0 aromatic carbocycles. The first-order valence-corrected chi connectivity index (χ1v) is 9.68. The number of hydrogen-bond donors (Lipinski definition) is 0. The van der Waals surface area contributed by atoms with Gasteiger partial charge in [-0.05, 0) is 38.3 Å². The van der Waals surface area contributed by atoms with E-state index in [4.69, 9.17) is 14.5 Å². The summed E-state index contributed by atoms with van der Waals surface area (Å²) >= 11 is 0. The first-order chi connectivity index (χ1) is 13.6. The summed E-state index contributed by atoms with van der Waals surface area (Å²) in [5.41, 5.74) is 3.60. The van der Waals surface area contributed by atoms with Gasteiger partial charge in [-0.1, -0.05) is 0 Å². The highest BCUT2D eigenvalue weighted by atomic mass is 16.5. The Morgan fingerprint density at radius 3 is 2.89 bits per heavy atom. The zero-order valence-electron chi connectivity index (χ0n) is 16.9. The van der Waals surface area contributed by atoms with E-state index >= 15 is 0 Å². The van der Waals surface area contributed by atoms with Gasteiger partial charge >= 0.3 is 0 Å². The number of aromatic nitrogens is 3. The maximum absolute atomic E-state index is 12.9. The second kappa shape index (κ2) is 9.71. The van der Waals surface area contributed by atoms with Gasteiger partial charge in [-0.3, -0.25) is 9.78 Å². The van der Waals surface area contributed by atoms with Crippen molar-refractivity contribution in [3.63, 3.8) is 0 Å². The number of likely N-dealkylation sites (tertiary alicyclic amines) is 1. The highest BCUT2D eigenvalue weighted by Gasteiger charge is 2.28. The number of ether oxygens (including phenoxy) is 2. The van der Waals surface area contributed by atoms with Crippen LogP contribution in [0.3, 0.4) is 0 Å². The van der Waals surface area contributed by atoms with Gasteiger partial charge in [0.15, 0.2) is 0 Å². The van der Waals surface area contributed by atoms with Crippen LogP contribution in [0.1, 0.15) is 51.8 Å². The van der Waals surface area contributed by atoms with Gasteiger partial charge in [0.1, 0.15) is 5.82 Å². The second-order valence-electron chi connectivity index (χ2n) is 7.21. The van der Waals surface area contributed by atoms with Crippen molar-refractivity contribution in [2.24, 2.45) is 0 Å². The molecule has 28 heavy (non-hydrogen) atoms. The molecule has 1 atom stereocenters. The van der Waals surface area contributed by atoms with Crippen molar-refractivity contribution < 1.29 is 14.3 Å². The lowest BCUT2D eigenvalue weighted by atomic mass is 9.91. The molecular formula is C21H28N4O3. The molecule has 1 unspecified atom stereocenters. The largest absolute Gasteiger partial charge is 0.382 e. The van der Waals surface area contributed by atoms with Gasteiger partial charge in [0.25, 0.3) is 5.91 Å². The number of amides is 1. The van der Waals surface area contributed by atoms with Crippen LogP contribution in [-0.4, -0.2) is 59.2 Å². The molecule has 150 valence electrons. The van der Waals surface area contributed by atoms with Gasteiger partial charge in [-0.15, -0.1) is 0 Å². The van der Waals surface area contributed by atoms with Crippen LogP contribution < -0.4 is 0 Å². The summed E-state index contributed by atoms with van der Waals surface area (Å²) in [6.07, 6.45) is 7.19. The summed E-state index contributed by atoms with van der Waals surface area (Å²) in [6.45, 7) is 6.77. The van der Waals surface area contributed by atoms with E-state index in [9.17, 15) is 4.79 Å². The molecule has 2 aromatic rings. The number of methoxy groups -OCH3 is 1. The minimum atomic E-state index is 0.0320. The molecule has 2 aromatic heterocycles. The summed E-state index contributed by atoms with van der Waals surface area (Å²) in [4.78, 5) is 28.0. The quantitative estimate of drug-likeness (QED) is 0.683. The zero-order chi connectivity index (χ0) is 19.9. The highest BCUT2D eigenvalue weighted by Crippen LogP contribution is 2.29. The van der Waals surface area contributed by atoms with Crippen molar-refractivity contribution in [1.29, 1.82) is 0 Å². The summed E-state index contributed by atoms with van der Waals surface area (Å²) in [5.74, 6) is 0.949. The van der Waals surface area contributed by atoms with Crippen molar-refractivity contribution >= 4 is 5.91 Å². The molecule has 1 saturated heterocycles. The van der Waals surface area contributed by atoms with E-state index in [0.717, 1.165) is 42.0 Å². The van der Waals surface area contributed by atoms with Gasteiger partial charge in [0.2, 0.25) is 0 Å².